The number of halogens is 2. The van der Waals surface area contributed by atoms with Gasteiger partial charge < -0.3 is 4.90 Å². The van der Waals surface area contributed by atoms with E-state index in [0.29, 0.717) is 19.0 Å². The highest BCUT2D eigenvalue weighted by atomic mass is 35.7. The van der Waals surface area contributed by atoms with E-state index in [1.165, 1.54) is 0 Å². The molecule has 1 aromatic rings. The Morgan fingerprint density at radius 1 is 1.35 bits per heavy atom. The van der Waals surface area contributed by atoms with Crippen LogP contribution in [0, 0.1) is 11.7 Å². The molecule has 1 fully saturated rings. The average Bonchev–Trinajstić information content (AvgIpc) is 2.38. The molecule has 1 aliphatic rings. The standard InChI is InChI=1S/C13H15ClFNO3S/c1-9-4-6-16(7-5-9)13(17)11-8-10(20(14,18)19)2-3-12(11)15/h2-3,8-9H,4-7H2,1H3. The van der Waals surface area contributed by atoms with Crippen LogP contribution in [0.5, 0.6) is 0 Å². The maximum Gasteiger partial charge on any atom is 0.261 e. The summed E-state index contributed by atoms with van der Waals surface area (Å²) in [6.07, 6.45) is 1.72. The van der Waals surface area contributed by atoms with Crippen LogP contribution in [-0.4, -0.2) is 32.3 Å². The van der Waals surface area contributed by atoms with E-state index < -0.39 is 20.8 Å². The molecule has 0 unspecified atom stereocenters. The number of rotatable bonds is 2. The summed E-state index contributed by atoms with van der Waals surface area (Å²) in [5.74, 6) is -0.687. The molecule has 1 aromatic carbocycles. The molecule has 0 aliphatic carbocycles. The fourth-order valence-electron chi connectivity index (χ4n) is 2.20. The lowest BCUT2D eigenvalue weighted by Gasteiger charge is -2.30. The molecule has 1 aliphatic heterocycles. The van der Waals surface area contributed by atoms with Crippen molar-refractivity contribution in [1.29, 1.82) is 0 Å². The first-order chi connectivity index (χ1) is 9.29. The first kappa shape index (κ1) is 15.3. The molecule has 7 heteroatoms. The second-order valence-corrected chi connectivity index (χ2v) is 7.62. The molecule has 4 nitrogen and oxygen atoms in total. The van der Waals surface area contributed by atoms with E-state index in [4.69, 9.17) is 10.7 Å². The van der Waals surface area contributed by atoms with Crippen LogP contribution in [0.1, 0.15) is 30.1 Å². The van der Waals surface area contributed by atoms with Crippen LogP contribution in [0.15, 0.2) is 23.1 Å². The molecule has 0 bridgehead atoms. The number of hydrogen-bond donors (Lipinski definition) is 0. The number of hydrogen-bond acceptors (Lipinski definition) is 3. The highest BCUT2D eigenvalue weighted by Gasteiger charge is 2.25. The fraction of sp³-hybridized carbons (Fsp3) is 0.462. The van der Waals surface area contributed by atoms with Gasteiger partial charge >= 0.3 is 0 Å². The third-order valence-corrected chi connectivity index (χ3v) is 4.87. The lowest BCUT2D eigenvalue weighted by Crippen LogP contribution is -2.38. The van der Waals surface area contributed by atoms with Gasteiger partial charge in [0, 0.05) is 23.8 Å². The number of nitrogens with zero attached hydrogens (tertiary/aromatic N) is 1. The third-order valence-electron chi connectivity index (χ3n) is 3.52. The summed E-state index contributed by atoms with van der Waals surface area (Å²) in [7, 11) is 1.24. The second-order valence-electron chi connectivity index (χ2n) is 5.05. The van der Waals surface area contributed by atoms with E-state index in [1.807, 2.05) is 0 Å². The highest BCUT2D eigenvalue weighted by molar-refractivity contribution is 8.13. The summed E-state index contributed by atoms with van der Waals surface area (Å²) in [6, 6.07) is 3.00. The van der Waals surface area contributed by atoms with Crippen molar-refractivity contribution in [2.45, 2.75) is 24.7 Å². The minimum Gasteiger partial charge on any atom is -0.339 e. The minimum atomic E-state index is -3.98. The zero-order chi connectivity index (χ0) is 14.9. The van der Waals surface area contributed by atoms with Crippen LogP contribution in [0.4, 0.5) is 4.39 Å². The summed E-state index contributed by atoms with van der Waals surface area (Å²) < 4.78 is 36.3. The van der Waals surface area contributed by atoms with E-state index in [0.717, 1.165) is 31.0 Å². The Balaban J connectivity index is 2.30. The molecule has 0 N–H and O–H groups in total. The lowest BCUT2D eigenvalue weighted by molar-refractivity contribution is 0.0692. The quantitative estimate of drug-likeness (QED) is 0.787. The third kappa shape index (κ3) is 3.30. The molecule has 0 aromatic heterocycles. The molecule has 110 valence electrons. The number of carbonyl (C=O) groups is 1. The summed E-state index contributed by atoms with van der Waals surface area (Å²) in [5.41, 5.74) is -0.249. The van der Waals surface area contributed by atoms with E-state index in [-0.39, 0.29) is 10.5 Å². The molecule has 0 radical (unpaired) electrons. The Bertz CT molecular complexity index is 625. The average molecular weight is 320 g/mol. The summed E-state index contributed by atoms with van der Waals surface area (Å²) in [6.45, 7) is 3.21. The summed E-state index contributed by atoms with van der Waals surface area (Å²) >= 11 is 0. The number of amides is 1. The molecule has 2 rings (SSSR count). The van der Waals surface area contributed by atoms with Crippen LogP contribution >= 0.6 is 10.7 Å². The van der Waals surface area contributed by atoms with Crippen LogP contribution in [-0.2, 0) is 9.05 Å². The molecule has 0 spiro atoms. The molecule has 1 amide bonds. The second kappa shape index (κ2) is 5.69. The monoisotopic (exact) mass is 319 g/mol. The van der Waals surface area contributed by atoms with E-state index in [1.54, 1.807) is 4.90 Å². The van der Waals surface area contributed by atoms with Crippen molar-refractivity contribution in [2.24, 2.45) is 5.92 Å². The Morgan fingerprint density at radius 3 is 2.50 bits per heavy atom. The molecule has 0 saturated carbocycles. The minimum absolute atomic E-state index is 0.249. The maximum absolute atomic E-state index is 13.8. The predicted molar refractivity (Wildman–Crippen MR) is 73.7 cm³/mol. The van der Waals surface area contributed by atoms with Crippen molar-refractivity contribution in [3.05, 3.63) is 29.6 Å². The molecular weight excluding hydrogens is 305 g/mol. The first-order valence-electron chi connectivity index (χ1n) is 6.32. The number of carbonyl (C=O) groups excluding carboxylic acids is 1. The normalized spacial score (nSPS) is 17.2. The topological polar surface area (TPSA) is 54.5 Å². The maximum atomic E-state index is 13.8. The fourth-order valence-corrected chi connectivity index (χ4v) is 2.98. The van der Waals surface area contributed by atoms with Gasteiger partial charge in [-0.25, -0.2) is 12.8 Å². The number of piperidine rings is 1. The molecule has 1 saturated heterocycles. The Labute approximate surface area is 121 Å². The zero-order valence-corrected chi connectivity index (χ0v) is 12.5. The number of likely N-dealkylation sites (tertiary alicyclic amines) is 1. The van der Waals surface area contributed by atoms with Crippen molar-refractivity contribution in [1.82, 2.24) is 4.90 Å². The van der Waals surface area contributed by atoms with Crippen LogP contribution in [0.3, 0.4) is 0 Å². The smallest absolute Gasteiger partial charge is 0.261 e. The Kier molecular flexibility index (Phi) is 4.34. The highest BCUT2D eigenvalue weighted by Crippen LogP contribution is 2.22. The van der Waals surface area contributed by atoms with E-state index in [9.17, 15) is 17.6 Å². The lowest BCUT2D eigenvalue weighted by atomic mass is 9.98. The first-order valence-corrected chi connectivity index (χ1v) is 8.63. The Hall–Kier alpha value is -1.14. The van der Waals surface area contributed by atoms with E-state index >= 15 is 0 Å². The summed E-state index contributed by atoms with van der Waals surface area (Å²) in [4.78, 5) is 13.5. The van der Waals surface area contributed by atoms with Gasteiger partial charge in [-0.2, -0.15) is 0 Å². The van der Waals surface area contributed by atoms with Crippen molar-refractivity contribution < 1.29 is 17.6 Å². The van der Waals surface area contributed by atoms with Gasteiger partial charge in [-0.1, -0.05) is 6.92 Å². The zero-order valence-electron chi connectivity index (χ0n) is 11.0. The van der Waals surface area contributed by atoms with Crippen molar-refractivity contribution >= 4 is 25.6 Å². The van der Waals surface area contributed by atoms with Gasteiger partial charge in [-0.15, -0.1) is 0 Å². The van der Waals surface area contributed by atoms with Gasteiger partial charge in [-0.3, -0.25) is 4.79 Å². The van der Waals surface area contributed by atoms with Gasteiger partial charge in [0.25, 0.3) is 15.0 Å². The van der Waals surface area contributed by atoms with Gasteiger partial charge in [0.05, 0.1) is 10.5 Å². The van der Waals surface area contributed by atoms with Gasteiger partial charge in [0.2, 0.25) is 0 Å². The summed E-state index contributed by atoms with van der Waals surface area (Å²) in [5, 5.41) is 0. The van der Waals surface area contributed by atoms with Crippen molar-refractivity contribution in [3.8, 4) is 0 Å². The van der Waals surface area contributed by atoms with Crippen molar-refractivity contribution in [3.63, 3.8) is 0 Å². The van der Waals surface area contributed by atoms with Gasteiger partial charge in [-0.05, 0) is 37.0 Å². The van der Waals surface area contributed by atoms with Gasteiger partial charge in [0.15, 0.2) is 0 Å². The van der Waals surface area contributed by atoms with Crippen molar-refractivity contribution in [2.75, 3.05) is 13.1 Å². The molecular formula is C13H15ClFNO3S. The molecule has 0 atom stereocenters. The molecule has 1 heterocycles. The van der Waals surface area contributed by atoms with Crippen LogP contribution in [0.25, 0.3) is 0 Å². The van der Waals surface area contributed by atoms with Gasteiger partial charge in [0.1, 0.15) is 5.82 Å². The SMILES string of the molecule is CC1CCN(C(=O)c2cc(S(=O)(=O)Cl)ccc2F)CC1. The molecule has 20 heavy (non-hydrogen) atoms. The van der Waals surface area contributed by atoms with Crippen LogP contribution in [0.2, 0.25) is 0 Å². The predicted octanol–water partition coefficient (Wildman–Crippen LogP) is 2.63. The van der Waals surface area contributed by atoms with Crippen LogP contribution < -0.4 is 0 Å². The Morgan fingerprint density at radius 2 is 1.95 bits per heavy atom. The van der Waals surface area contributed by atoms with E-state index in [2.05, 4.69) is 6.92 Å². The largest absolute Gasteiger partial charge is 0.339 e. The number of benzene rings is 1.